The largest absolute Gasteiger partial charge is 0.490 e. The summed E-state index contributed by atoms with van der Waals surface area (Å²) in [6.45, 7) is 6.75. The SMILES string of the molecule is Cc1ccc(CN2CCC[C@]3(C[C@@H](OCc4cccnc4)CO3)C2)s1.O=C(O)C(F)(F)F.O=C(O)C(F)(F)F. The second-order valence-corrected chi connectivity index (χ2v) is 10.3. The van der Waals surface area contributed by atoms with Crippen LogP contribution in [0.2, 0.25) is 0 Å². The van der Waals surface area contributed by atoms with Gasteiger partial charge in [-0.05, 0) is 50.1 Å². The fraction of sp³-hybridized carbons (Fsp3) is 0.542. The Hall–Kier alpha value is -2.75. The first-order valence-electron chi connectivity index (χ1n) is 11.6. The molecule has 2 aliphatic rings. The van der Waals surface area contributed by atoms with E-state index in [4.69, 9.17) is 29.3 Å². The van der Waals surface area contributed by atoms with E-state index in [2.05, 4.69) is 35.0 Å². The van der Waals surface area contributed by atoms with Gasteiger partial charge >= 0.3 is 24.3 Å². The lowest BCUT2D eigenvalue weighted by atomic mass is 9.89. The number of halogens is 6. The fourth-order valence-electron chi connectivity index (χ4n) is 4.01. The molecular weight excluding hydrogens is 558 g/mol. The van der Waals surface area contributed by atoms with Crippen LogP contribution in [0.15, 0.2) is 36.7 Å². The number of pyridine rings is 1. The van der Waals surface area contributed by atoms with Gasteiger partial charge in [0, 0.05) is 41.7 Å². The number of carboxylic acids is 2. The van der Waals surface area contributed by atoms with Gasteiger partial charge in [0.1, 0.15) is 0 Å². The summed E-state index contributed by atoms with van der Waals surface area (Å²) in [6.07, 6.45) is -2.93. The van der Waals surface area contributed by atoms with Crippen molar-refractivity contribution in [3.8, 4) is 0 Å². The van der Waals surface area contributed by atoms with Crippen LogP contribution >= 0.6 is 11.3 Å². The first-order valence-corrected chi connectivity index (χ1v) is 12.4. The number of carbonyl (C=O) groups is 2. The number of carboxylic acid groups (broad SMARTS) is 2. The molecule has 2 aliphatic heterocycles. The van der Waals surface area contributed by atoms with Crippen molar-refractivity contribution in [2.24, 2.45) is 0 Å². The molecule has 2 N–H and O–H groups in total. The minimum atomic E-state index is -5.08. The van der Waals surface area contributed by atoms with Crippen molar-refractivity contribution in [2.45, 2.75) is 63.4 Å². The lowest BCUT2D eigenvalue weighted by Crippen LogP contribution is -2.47. The number of piperidine rings is 1. The maximum Gasteiger partial charge on any atom is 0.490 e. The van der Waals surface area contributed by atoms with Gasteiger partial charge in [-0.3, -0.25) is 9.88 Å². The van der Waals surface area contributed by atoms with Crippen molar-refractivity contribution in [1.29, 1.82) is 0 Å². The predicted octanol–water partition coefficient (Wildman–Crippen LogP) is 5.06. The number of aryl methyl sites for hydroxylation is 1. The molecule has 0 unspecified atom stereocenters. The number of hydrogen-bond acceptors (Lipinski definition) is 7. The summed E-state index contributed by atoms with van der Waals surface area (Å²) in [5.74, 6) is -5.51. The number of aliphatic carboxylic acids is 2. The van der Waals surface area contributed by atoms with Crippen LogP contribution in [0.5, 0.6) is 0 Å². The van der Waals surface area contributed by atoms with Crippen LogP contribution in [0, 0.1) is 6.92 Å². The lowest BCUT2D eigenvalue weighted by molar-refractivity contribution is -0.193. The number of alkyl halides is 6. The average molecular weight is 587 g/mol. The van der Waals surface area contributed by atoms with Crippen LogP contribution in [0.25, 0.3) is 0 Å². The molecule has 2 atom stereocenters. The maximum atomic E-state index is 10.6. The van der Waals surface area contributed by atoms with E-state index in [0.717, 1.165) is 31.5 Å². The molecule has 4 rings (SSSR count). The second kappa shape index (κ2) is 14.1. The first kappa shape index (κ1) is 32.5. The van der Waals surface area contributed by atoms with Gasteiger partial charge in [0.05, 0.1) is 24.9 Å². The molecule has 15 heteroatoms. The van der Waals surface area contributed by atoms with E-state index in [0.29, 0.717) is 13.2 Å². The number of likely N-dealkylation sites (tertiary alicyclic amines) is 1. The molecule has 2 saturated heterocycles. The highest BCUT2D eigenvalue weighted by Crippen LogP contribution is 2.36. The zero-order valence-electron chi connectivity index (χ0n) is 20.8. The fourth-order valence-corrected chi connectivity index (χ4v) is 4.94. The Balaban J connectivity index is 0.000000317. The monoisotopic (exact) mass is 586 g/mol. The molecule has 1 spiro atoms. The van der Waals surface area contributed by atoms with Crippen molar-refractivity contribution >= 4 is 23.3 Å². The van der Waals surface area contributed by atoms with E-state index >= 15 is 0 Å². The van der Waals surface area contributed by atoms with Gasteiger partial charge in [-0.2, -0.15) is 26.3 Å². The average Bonchev–Trinajstić information content (AvgIpc) is 3.43. The third-order valence-corrected chi connectivity index (χ3v) is 6.65. The number of thiophene rings is 1. The Morgan fingerprint density at radius 3 is 2.31 bits per heavy atom. The molecule has 218 valence electrons. The molecule has 0 radical (unpaired) electrons. The zero-order valence-corrected chi connectivity index (χ0v) is 21.6. The van der Waals surface area contributed by atoms with Crippen molar-refractivity contribution in [3.63, 3.8) is 0 Å². The van der Waals surface area contributed by atoms with Crippen LogP contribution in [0.3, 0.4) is 0 Å². The van der Waals surface area contributed by atoms with Crippen LogP contribution < -0.4 is 0 Å². The van der Waals surface area contributed by atoms with Crippen molar-refractivity contribution in [2.75, 3.05) is 19.7 Å². The number of aromatic nitrogens is 1. The number of ether oxygens (including phenoxy) is 2. The Kier molecular flexibility index (Phi) is 11.7. The molecule has 2 aromatic heterocycles. The molecule has 0 saturated carbocycles. The first-order chi connectivity index (χ1) is 18.1. The smallest absolute Gasteiger partial charge is 0.475 e. The highest BCUT2D eigenvalue weighted by molar-refractivity contribution is 7.11. The zero-order chi connectivity index (χ0) is 29.3. The molecule has 0 bridgehead atoms. The van der Waals surface area contributed by atoms with Crippen LogP contribution in [0.1, 0.15) is 34.6 Å². The summed E-state index contributed by atoms with van der Waals surface area (Å²) in [5, 5.41) is 14.2. The van der Waals surface area contributed by atoms with Gasteiger partial charge in [0.15, 0.2) is 0 Å². The van der Waals surface area contributed by atoms with Gasteiger partial charge in [-0.1, -0.05) is 6.07 Å². The van der Waals surface area contributed by atoms with Gasteiger partial charge in [-0.25, -0.2) is 9.59 Å². The summed E-state index contributed by atoms with van der Waals surface area (Å²) in [6, 6.07) is 8.49. The van der Waals surface area contributed by atoms with E-state index < -0.39 is 24.3 Å². The second-order valence-electron chi connectivity index (χ2n) is 8.92. The maximum absolute atomic E-state index is 10.6. The Bertz CT molecular complexity index is 1040. The quantitative estimate of drug-likeness (QED) is 0.469. The molecule has 0 aliphatic carbocycles. The number of rotatable bonds is 5. The van der Waals surface area contributed by atoms with Crippen LogP contribution in [-0.4, -0.2) is 75.8 Å². The minimum absolute atomic E-state index is 0.00976. The van der Waals surface area contributed by atoms with Gasteiger partial charge < -0.3 is 19.7 Å². The van der Waals surface area contributed by atoms with Gasteiger partial charge in [0.25, 0.3) is 0 Å². The molecule has 0 amide bonds. The van der Waals surface area contributed by atoms with Crippen LogP contribution in [-0.2, 0) is 32.2 Å². The van der Waals surface area contributed by atoms with Gasteiger partial charge in [-0.15, -0.1) is 11.3 Å². The van der Waals surface area contributed by atoms with E-state index in [9.17, 15) is 26.3 Å². The van der Waals surface area contributed by atoms with E-state index in [1.807, 2.05) is 23.6 Å². The van der Waals surface area contributed by atoms with E-state index in [1.54, 1.807) is 6.20 Å². The Morgan fingerprint density at radius 2 is 1.79 bits per heavy atom. The molecule has 8 nitrogen and oxygen atoms in total. The van der Waals surface area contributed by atoms with Crippen LogP contribution in [0.4, 0.5) is 26.3 Å². The molecule has 0 aromatic carbocycles. The molecule has 39 heavy (non-hydrogen) atoms. The normalized spacial score (nSPS) is 21.5. The molecular formula is C24H28F6N2O6S. The summed E-state index contributed by atoms with van der Waals surface area (Å²) in [4.78, 5) is 27.3. The number of hydrogen-bond donors (Lipinski definition) is 2. The van der Waals surface area contributed by atoms with E-state index in [-0.39, 0.29) is 11.7 Å². The molecule has 2 aromatic rings. The van der Waals surface area contributed by atoms with Crippen molar-refractivity contribution < 1.29 is 55.6 Å². The summed E-state index contributed by atoms with van der Waals surface area (Å²) in [7, 11) is 0. The topological polar surface area (TPSA) is 109 Å². The summed E-state index contributed by atoms with van der Waals surface area (Å²) >= 11 is 1.91. The third kappa shape index (κ3) is 11.5. The number of nitrogens with zero attached hydrogens (tertiary/aromatic N) is 2. The standard InChI is InChI=1S/C20H26N2O2S.2C2HF3O2/c1-16-5-6-19(25-16)12-22-9-3-7-20(15-22)10-18(14-24-20)23-13-17-4-2-8-21-11-17;2*3-2(4,5)1(6)7/h2,4-6,8,11,18H,3,7,9-10,12-15H2,1H3;2*(H,6,7)/t18-,20+;;/m1../s1. The van der Waals surface area contributed by atoms with E-state index in [1.165, 1.54) is 22.7 Å². The highest BCUT2D eigenvalue weighted by atomic mass is 32.1. The minimum Gasteiger partial charge on any atom is -0.475 e. The van der Waals surface area contributed by atoms with Crippen molar-refractivity contribution in [3.05, 3.63) is 52.0 Å². The molecule has 4 heterocycles. The highest BCUT2D eigenvalue weighted by Gasteiger charge is 2.44. The summed E-state index contributed by atoms with van der Waals surface area (Å²) < 4.78 is 75.8. The third-order valence-electron chi connectivity index (χ3n) is 5.66. The van der Waals surface area contributed by atoms with Crippen molar-refractivity contribution in [1.82, 2.24) is 9.88 Å². The lowest BCUT2D eigenvalue weighted by Gasteiger charge is -2.39. The molecule has 2 fully saturated rings. The Morgan fingerprint density at radius 1 is 1.15 bits per heavy atom. The summed E-state index contributed by atoms with van der Waals surface area (Å²) in [5.41, 5.74) is 1.12. The Labute approximate surface area is 224 Å². The predicted molar refractivity (Wildman–Crippen MR) is 127 cm³/mol. The van der Waals surface area contributed by atoms with Gasteiger partial charge in [0.2, 0.25) is 0 Å².